The van der Waals surface area contributed by atoms with Gasteiger partial charge in [-0.25, -0.2) is 0 Å². The Labute approximate surface area is 284 Å². The Morgan fingerprint density at radius 2 is 0.843 bits per heavy atom. The van der Waals surface area contributed by atoms with Crippen LogP contribution >= 0.6 is 0 Å². The predicted molar refractivity (Wildman–Crippen MR) is 151 cm³/mol. The van der Waals surface area contributed by atoms with Crippen LogP contribution in [0.1, 0.15) is 122 Å². The summed E-state index contributed by atoms with van der Waals surface area (Å²) < 4.78 is 232. The molecule has 0 fully saturated rings. The van der Waals surface area contributed by atoms with Gasteiger partial charge in [0, 0.05) is 32.1 Å². The third kappa shape index (κ3) is 13.7. The molecule has 0 aromatic heterocycles. The van der Waals surface area contributed by atoms with Crippen molar-refractivity contribution in [3.8, 4) is 23.7 Å². The first-order chi connectivity index (χ1) is 23.2. The Balaban J connectivity index is 4.93. The van der Waals surface area contributed by atoms with E-state index in [1.807, 2.05) is 0 Å². The lowest BCUT2D eigenvalue weighted by atomic mass is 9.89. The van der Waals surface area contributed by atoms with E-state index in [-0.39, 0.29) is 6.42 Å². The minimum atomic E-state index is -8.49. The van der Waals surface area contributed by atoms with Crippen molar-refractivity contribution >= 4 is 5.97 Å². The predicted octanol–water partition coefficient (Wildman–Crippen LogP) is 12.5. The number of carbonyl (C=O) groups is 1. The summed E-state index contributed by atoms with van der Waals surface area (Å²) in [6, 6.07) is 0. The van der Waals surface area contributed by atoms with Gasteiger partial charge in [0.1, 0.15) is 0 Å². The molecule has 0 rings (SSSR count). The van der Waals surface area contributed by atoms with E-state index >= 15 is 0 Å². The molecule has 0 heterocycles. The lowest BCUT2D eigenvalue weighted by molar-refractivity contribution is -0.461. The first kappa shape index (κ1) is 48.4. The van der Waals surface area contributed by atoms with Gasteiger partial charge in [-0.05, 0) is 31.1 Å². The van der Waals surface area contributed by atoms with Crippen LogP contribution < -0.4 is 0 Å². The summed E-state index contributed by atoms with van der Waals surface area (Å²) in [5, 5.41) is 0. The number of unbranched alkanes of at least 4 members (excludes halogenated alkanes) is 13. The lowest BCUT2D eigenvalue weighted by Crippen LogP contribution is -2.73. The highest BCUT2D eigenvalue weighted by molar-refractivity contribution is 5.69. The van der Waals surface area contributed by atoms with Gasteiger partial charge in [-0.2, -0.15) is 74.6 Å². The molecule has 0 saturated carbocycles. The van der Waals surface area contributed by atoms with Gasteiger partial charge in [0.05, 0.1) is 0 Å². The number of halogens is 17. The van der Waals surface area contributed by atoms with Gasteiger partial charge in [0.2, 0.25) is 0 Å². The first-order valence-electron chi connectivity index (χ1n) is 16.0. The van der Waals surface area contributed by atoms with Crippen LogP contribution in [0.3, 0.4) is 0 Å². The first-order valence-corrected chi connectivity index (χ1v) is 16.0. The largest absolute Gasteiger partial charge is 0.473 e. The third-order valence-corrected chi connectivity index (χ3v) is 7.44. The van der Waals surface area contributed by atoms with Crippen molar-refractivity contribution < 1.29 is 84.2 Å². The third-order valence-electron chi connectivity index (χ3n) is 7.44. The topological polar surface area (TPSA) is 26.3 Å². The van der Waals surface area contributed by atoms with Crippen molar-refractivity contribution in [2.24, 2.45) is 0 Å². The van der Waals surface area contributed by atoms with Gasteiger partial charge in [-0.15, -0.1) is 0 Å². The molecular formula is C32H39F17O2. The van der Waals surface area contributed by atoms with E-state index in [2.05, 4.69) is 35.3 Å². The quantitative estimate of drug-likeness (QED) is 0.0422. The van der Waals surface area contributed by atoms with Crippen LogP contribution in [0.15, 0.2) is 0 Å². The molecule has 51 heavy (non-hydrogen) atoms. The van der Waals surface area contributed by atoms with Gasteiger partial charge in [-0.3, -0.25) is 4.79 Å². The number of hydrogen-bond donors (Lipinski definition) is 0. The van der Waals surface area contributed by atoms with Crippen LogP contribution in [0, 0.1) is 23.7 Å². The van der Waals surface area contributed by atoms with Crippen LogP contribution in [0.2, 0.25) is 0 Å². The molecule has 0 aliphatic carbocycles. The van der Waals surface area contributed by atoms with Crippen molar-refractivity contribution in [1.82, 2.24) is 0 Å². The summed E-state index contributed by atoms with van der Waals surface area (Å²) in [4.78, 5) is 11.6. The summed E-state index contributed by atoms with van der Waals surface area (Å²) in [7, 11) is 0. The van der Waals surface area contributed by atoms with E-state index in [1.54, 1.807) is 0 Å². The molecule has 0 atom stereocenters. The highest BCUT2D eigenvalue weighted by Crippen LogP contribution is 2.63. The van der Waals surface area contributed by atoms with Gasteiger partial charge < -0.3 is 4.74 Å². The van der Waals surface area contributed by atoms with E-state index in [0.29, 0.717) is 32.1 Å². The van der Waals surface area contributed by atoms with Crippen molar-refractivity contribution in [2.75, 3.05) is 0 Å². The Morgan fingerprint density at radius 3 is 1.27 bits per heavy atom. The average molecular weight is 779 g/mol. The van der Waals surface area contributed by atoms with Gasteiger partial charge >= 0.3 is 53.8 Å². The lowest BCUT2D eigenvalue weighted by Gasteiger charge is -2.42. The zero-order chi connectivity index (χ0) is 39.8. The summed E-state index contributed by atoms with van der Waals surface area (Å²) in [5.74, 6) is -39.2. The van der Waals surface area contributed by atoms with E-state index < -0.39 is 79.5 Å². The standard InChI is InChI=1S/C32H39F17O2/c1-2-3-4-5-6-7-8-9-10-11-12-13-14-15-16-17-18-19-20-21-24(50)51-32(48,49)31(46,47)30(44,45)29(42,43)28(40,41)27(38,39)25(33,34)22-23-26(35,36)37/h2-9,14-23H2,1H3. The minimum absolute atomic E-state index is 0.0465. The molecule has 0 spiro atoms. The second-order valence-corrected chi connectivity index (χ2v) is 11.8. The number of carbonyl (C=O) groups excluding carboxylic acids is 1. The highest BCUT2D eigenvalue weighted by atomic mass is 19.4. The van der Waals surface area contributed by atoms with Crippen LogP contribution in [-0.4, -0.2) is 53.8 Å². The smallest absolute Gasteiger partial charge is 0.396 e. The molecule has 0 saturated heterocycles. The molecule has 0 aromatic rings. The zero-order valence-electron chi connectivity index (χ0n) is 27.5. The second kappa shape index (κ2) is 20.0. The maximum atomic E-state index is 13.9. The van der Waals surface area contributed by atoms with Gasteiger partial charge in [0.15, 0.2) is 0 Å². The Bertz CT molecular complexity index is 1170. The second-order valence-electron chi connectivity index (χ2n) is 11.8. The number of alkyl halides is 17. The van der Waals surface area contributed by atoms with Crippen molar-refractivity contribution in [3.05, 3.63) is 0 Å². The fourth-order valence-electron chi connectivity index (χ4n) is 4.29. The molecule has 0 aliphatic rings. The molecule has 0 N–H and O–H groups in total. The average Bonchev–Trinajstić information content (AvgIpc) is 3.00. The van der Waals surface area contributed by atoms with E-state index in [1.165, 1.54) is 25.7 Å². The van der Waals surface area contributed by atoms with Crippen molar-refractivity contribution in [1.29, 1.82) is 0 Å². The molecule has 0 radical (unpaired) electrons. The number of esters is 1. The van der Waals surface area contributed by atoms with Crippen LogP contribution in [0.25, 0.3) is 0 Å². The fourth-order valence-corrected chi connectivity index (χ4v) is 4.29. The molecule has 19 heteroatoms. The van der Waals surface area contributed by atoms with Crippen LogP contribution in [-0.2, 0) is 9.53 Å². The maximum absolute atomic E-state index is 13.9. The van der Waals surface area contributed by atoms with E-state index in [4.69, 9.17) is 0 Å². The molecule has 2 nitrogen and oxygen atoms in total. The minimum Gasteiger partial charge on any atom is -0.396 e. The molecule has 0 aromatic carbocycles. The van der Waals surface area contributed by atoms with Crippen LogP contribution in [0.5, 0.6) is 0 Å². The maximum Gasteiger partial charge on any atom is 0.473 e. The molecular weight excluding hydrogens is 739 g/mol. The Kier molecular flexibility index (Phi) is 19.0. The fraction of sp³-hybridized carbons (Fsp3) is 0.844. The Hall–Kier alpha value is -2.60. The van der Waals surface area contributed by atoms with Gasteiger partial charge in [0.25, 0.3) is 0 Å². The zero-order valence-corrected chi connectivity index (χ0v) is 27.5. The van der Waals surface area contributed by atoms with Gasteiger partial charge in [-0.1, -0.05) is 83.0 Å². The van der Waals surface area contributed by atoms with E-state index in [9.17, 15) is 79.4 Å². The summed E-state index contributed by atoms with van der Waals surface area (Å²) in [5.41, 5.74) is 0. The summed E-state index contributed by atoms with van der Waals surface area (Å²) in [6.45, 7) is 2.14. The molecule has 0 bridgehead atoms. The van der Waals surface area contributed by atoms with Crippen molar-refractivity contribution in [3.63, 3.8) is 0 Å². The molecule has 298 valence electrons. The molecule has 0 aliphatic heterocycles. The monoisotopic (exact) mass is 778 g/mol. The highest BCUT2D eigenvalue weighted by Gasteiger charge is 2.93. The van der Waals surface area contributed by atoms with Crippen LogP contribution in [0.4, 0.5) is 74.6 Å². The van der Waals surface area contributed by atoms with Crippen molar-refractivity contribution in [2.45, 2.75) is 170 Å². The van der Waals surface area contributed by atoms with E-state index in [0.717, 1.165) is 25.7 Å². The summed E-state index contributed by atoms with van der Waals surface area (Å²) in [6.07, 6.45) is -9.53. The molecule has 0 amide bonds. The number of rotatable bonds is 24. The normalized spacial score (nSPS) is 13.7. The Morgan fingerprint density at radius 1 is 0.471 bits per heavy atom. The summed E-state index contributed by atoms with van der Waals surface area (Å²) >= 11 is 0. The SMILES string of the molecule is CCCCCCCCCC#CC#CCCCCCCCCC(=O)OC(F)(F)C(F)(F)C(F)(F)C(F)(F)C(F)(F)C(F)(F)C(F)(F)CCC(F)(F)F. The number of ether oxygens (including phenoxy) is 1. The number of hydrogen-bond acceptors (Lipinski definition) is 2. The molecule has 0 unspecified atom stereocenters.